The van der Waals surface area contributed by atoms with E-state index < -0.39 is 23.6 Å². The minimum Gasteiger partial charge on any atom is -0.344 e. The van der Waals surface area contributed by atoms with E-state index in [9.17, 15) is 22.8 Å². The smallest absolute Gasteiger partial charge is 0.344 e. The summed E-state index contributed by atoms with van der Waals surface area (Å²) in [6.07, 6.45) is 0.599. The second kappa shape index (κ2) is 8.01. The van der Waals surface area contributed by atoms with Crippen LogP contribution in [-0.2, 0) is 11.0 Å². The van der Waals surface area contributed by atoms with E-state index in [0.29, 0.717) is 16.3 Å². The predicted molar refractivity (Wildman–Crippen MR) is 91.5 cm³/mol. The Labute approximate surface area is 151 Å². The van der Waals surface area contributed by atoms with Crippen molar-refractivity contribution in [2.75, 3.05) is 13.1 Å². The molecule has 1 heterocycles. The van der Waals surface area contributed by atoms with Crippen molar-refractivity contribution < 1.29 is 22.8 Å². The van der Waals surface area contributed by atoms with Gasteiger partial charge in [0, 0.05) is 5.56 Å². The van der Waals surface area contributed by atoms with Gasteiger partial charge in [-0.05, 0) is 19.1 Å². The Hall–Kier alpha value is -2.86. The molecular weight excluding hydrogens is 367 g/mol. The van der Waals surface area contributed by atoms with Crippen LogP contribution in [0, 0.1) is 19.3 Å². The Bertz CT molecular complexity index is 852. The van der Waals surface area contributed by atoms with Gasteiger partial charge in [-0.15, -0.1) is 17.8 Å². The molecule has 2 rings (SSSR count). The first-order chi connectivity index (χ1) is 12.2. The first-order valence-corrected chi connectivity index (χ1v) is 8.17. The Morgan fingerprint density at radius 1 is 1.23 bits per heavy atom. The first-order valence-electron chi connectivity index (χ1n) is 7.35. The molecule has 9 heteroatoms. The molecule has 2 amide bonds. The van der Waals surface area contributed by atoms with Crippen molar-refractivity contribution in [2.24, 2.45) is 0 Å². The number of nitrogens with one attached hydrogen (secondary N) is 2. The van der Waals surface area contributed by atoms with Gasteiger partial charge in [-0.1, -0.05) is 18.1 Å². The highest BCUT2D eigenvalue weighted by Gasteiger charge is 2.30. The van der Waals surface area contributed by atoms with Crippen LogP contribution in [0.25, 0.3) is 10.6 Å². The Balaban J connectivity index is 2.10. The van der Waals surface area contributed by atoms with Crippen molar-refractivity contribution >= 4 is 23.2 Å². The molecule has 0 aliphatic rings. The van der Waals surface area contributed by atoms with Crippen LogP contribution in [0.5, 0.6) is 0 Å². The number of alkyl halides is 3. The summed E-state index contributed by atoms with van der Waals surface area (Å²) in [5, 5.41) is 5.27. The van der Waals surface area contributed by atoms with Crippen LogP contribution in [0.1, 0.15) is 20.9 Å². The number of amides is 2. The summed E-state index contributed by atoms with van der Waals surface area (Å²) in [6.45, 7) is 1.43. The molecule has 0 saturated carbocycles. The zero-order valence-electron chi connectivity index (χ0n) is 13.6. The van der Waals surface area contributed by atoms with E-state index in [1.54, 1.807) is 6.92 Å². The molecule has 0 fully saturated rings. The van der Waals surface area contributed by atoms with Gasteiger partial charge >= 0.3 is 6.18 Å². The highest BCUT2D eigenvalue weighted by atomic mass is 32.1. The third-order valence-electron chi connectivity index (χ3n) is 3.26. The lowest BCUT2D eigenvalue weighted by Crippen LogP contribution is -2.36. The summed E-state index contributed by atoms with van der Waals surface area (Å²) < 4.78 is 37.8. The molecule has 136 valence electrons. The third kappa shape index (κ3) is 4.83. The number of nitrogens with zero attached hydrogens (tertiary/aromatic N) is 1. The van der Waals surface area contributed by atoms with E-state index in [4.69, 9.17) is 6.42 Å². The molecule has 0 bridgehead atoms. The van der Waals surface area contributed by atoms with Gasteiger partial charge in [-0.2, -0.15) is 13.2 Å². The quantitative estimate of drug-likeness (QED) is 0.783. The van der Waals surface area contributed by atoms with E-state index in [-0.39, 0.29) is 18.0 Å². The highest BCUT2D eigenvalue weighted by Crippen LogP contribution is 2.32. The maximum absolute atomic E-state index is 12.6. The minimum atomic E-state index is -4.41. The van der Waals surface area contributed by atoms with Crippen LogP contribution in [0.2, 0.25) is 0 Å². The number of benzene rings is 1. The lowest BCUT2D eigenvalue weighted by molar-refractivity contribution is -0.137. The average Bonchev–Trinajstić information content (AvgIpc) is 2.99. The number of aryl methyl sites for hydroxylation is 1. The number of hydrogen-bond acceptors (Lipinski definition) is 4. The van der Waals surface area contributed by atoms with Crippen LogP contribution in [-0.4, -0.2) is 29.9 Å². The van der Waals surface area contributed by atoms with Gasteiger partial charge in [0.05, 0.1) is 24.3 Å². The Kier molecular flexibility index (Phi) is 6.00. The lowest BCUT2D eigenvalue weighted by atomic mass is 10.1. The van der Waals surface area contributed by atoms with Gasteiger partial charge in [-0.25, -0.2) is 4.98 Å². The van der Waals surface area contributed by atoms with Crippen LogP contribution >= 0.6 is 11.3 Å². The number of halogens is 3. The van der Waals surface area contributed by atoms with Gasteiger partial charge in [0.1, 0.15) is 9.88 Å². The van der Waals surface area contributed by atoms with Crippen molar-refractivity contribution in [3.8, 4) is 22.9 Å². The fourth-order valence-electron chi connectivity index (χ4n) is 1.99. The number of hydrogen-bond donors (Lipinski definition) is 2. The minimum absolute atomic E-state index is 0.0619. The molecule has 1 aromatic heterocycles. The van der Waals surface area contributed by atoms with E-state index in [0.717, 1.165) is 23.5 Å². The zero-order chi connectivity index (χ0) is 19.3. The summed E-state index contributed by atoms with van der Waals surface area (Å²) >= 11 is 1.04. The molecule has 2 N–H and O–H groups in total. The summed E-state index contributed by atoms with van der Waals surface area (Å²) in [4.78, 5) is 28.1. The van der Waals surface area contributed by atoms with Crippen molar-refractivity contribution in [1.82, 2.24) is 15.6 Å². The summed E-state index contributed by atoms with van der Waals surface area (Å²) in [6, 6.07) is 4.52. The fourth-order valence-corrected chi connectivity index (χ4v) is 2.97. The molecule has 0 saturated heterocycles. The zero-order valence-corrected chi connectivity index (χ0v) is 14.4. The maximum Gasteiger partial charge on any atom is 0.416 e. The van der Waals surface area contributed by atoms with Gasteiger partial charge in [0.15, 0.2) is 0 Å². The largest absolute Gasteiger partial charge is 0.416 e. The summed E-state index contributed by atoms with van der Waals surface area (Å²) in [7, 11) is 0. The standard InChI is InChI=1S/C17H14F3N3O2S/c1-3-8-21-13(24)9-22-15(25)14-10(2)23-16(26-14)11-4-6-12(7-5-11)17(18,19)20/h1,4-7H,8-9H2,2H3,(H,21,24)(H,22,25). The van der Waals surface area contributed by atoms with Crippen molar-refractivity contribution in [1.29, 1.82) is 0 Å². The highest BCUT2D eigenvalue weighted by molar-refractivity contribution is 7.17. The molecule has 1 aromatic carbocycles. The molecule has 0 atom stereocenters. The van der Waals surface area contributed by atoms with Gasteiger partial charge in [-0.3, -0.25) is 9.59 Å². The molecule has 0 aliphatic heterocycles. The molecule has 26 heavy (non-hydrogen) atoms. The SMILES string of the molecule is C#CCNC(=O)CNC(=O)c1sc(-c2ccc(C(F)(F)F)cc2)nc1C. The van der Waals surface area contributed by atoms with Crippen LogP contribution in [0.15, 0.2) is 24.3 Å². The molecule has 2 aromatic rings. The Morgan fingerprint density at radius 3 is 2.46 bits per heavy atom. The number of rotatable bonds is 5. The van der Waals surface area contributed by atoms with Crippen molar-refractivity contribution in [3.05, 3.63) is 40.4 Å². The fraction of sp³-hybridized carbons (Fsp3) is 0.235. The predicted octanol–water partition coefficient (Wildman–Crippen LogP) is 2.62. The average molecular weight is 381 g/mol. The second-order valence-electron chi connectivity index (χ2n) is 5.17. The van der Waals surface area contributed by atoms with E-state index in [2.05, 4.69) is 21.5 Å². The van der Waals surface area contributed by atoms with Gasteiger partial charge < -0.3 is 10.6 Å². The number of terminal acetylenes is 1. The molecule has 0 spiro atoms. The Morgan fingerprint density at radius 2 is 1.88 bits per heavy atom. The lowest BCUT2D eigenvalue weighted by Gasteiger charge is -2.06. The molecule has 0 radical (unpaired) electrons. The topological polar surface area (TPSA) is 71.1 Å². The molecular formula is C17H14F3N3O2S. The summed E-state index contributed by atoms with van der Waals surface area (Å²) in [5.74, 6) is 1.32. The number of thiazole rings is 1. The van der Waals surface area contributed by atoms with E-state index in [1.807, 2.05) is 0 Å². The molecule has 0 unspecified atom stereocenters. The van der Waals surface area contributed by atoms with Crippen molar-refractivity contribution in [2.45, 2.75) is 13.1 Å². The van der Waals surface area contributed by atoms with E-state index in [1.165, 1.54) is 12.1 Å². The van der Waals surface area contributed by atoms with Gasteiger partial charge in [0.2, 0.25) is 5.91 Å². The van der Waals surface area contributed by atoms with E-state index >= 15 is 0 Å². The monoisotopic (exact) mass is 381 g/mol. The molecule has 5 nitrogen and oxygen atoms in total. The van der Waals surface area contributed by atoms with Gasteiger partial charge in [0.25, 0.3) is 5.91 Å². The summed E-state index contributed by atoms with van der Waals surface area (Å²) in [5.41, 5.74) is 0.133. The normalized spacial score (nSPS) is 10.9. The maximum atomic E-state index is 12.6. The second-order valence-corrected chi connectivity index (χ2v) is 6.17. The molecule has 0 aliphatic carbocycles. The third-order valence-corrected chi connectivity index (χ3v) is 4.46. The first kappa shape index (κ1) is 19.5. The number of carbonyl (C=O) groups is 2. The van der Waals surface area contributed by atoms with Crippen LogP contribution in [0.3, 0.4) is 0 Å². The number of carbonyl (C=O) groups excluding carboxylic acids is 2. The van der Waals surface area contributed by atoms with Crippen LogP contribution in [0.4, 0.5) is 13.2 Å². The van der Waals surface area contributed by atoms with Crippen molar-refractivity contribution in [3.63, 3.8) is 0 Å². The number of aromatic nitrogens is 1. The van der Waals surface area contributed by atoms with Crippen LogP contribution < -0.4 is 10.6 Å².